The molecule has 0 aromatic rings. The summed E-state index contributed by atoms with van der Waals surface area (Å²) in [6.45, 7) is 14.4. The molecule has 1 aliphatic carbocycles. The molecule has 2 nitrogen and oxygen atoms in total. The van der Waals surface area contributed by atoms with Gasteiger partial charge in [-0.3, -0.25) is 4.90 Å². The summed E-state index contributed by atoms with van der Waals surface area (Å²) >= 11 is 0. The van der Waals surface area contributed by atoms with Crippen molar-refractivity contribution in [2.75, 3.05) is 13.1 Å². The standard InChI is InChI=1S/C17H34N2/c1-6-14-12-18-17(5,7-2)13-19(14)15-8-10-16(3,4)11-9-15/h14-15,18H,6-13H2,1-5H3. The van der Waals surface area contributed by atoms with Gasteiger partial charge in [-0.05, 0) is 50.9 Å². The SMILES string of the molecule is CCC1CNC(C)(CC)CN1C1CCC(C)(C)CC1. The number of nitrogens with one attached hydrogen (secondary N) is 1. The van der Waals surface area contributed by atoms with Gasteiger partial charge in [0.2, 0.25) is 0 Å². The number of rotatable bonds is 3. The third-order valence-corrected chi connectivity index (χ3v) is 5.79. The van der Waals surface area contributed by atoms with Crippen LogP contribution in [0.2, 0.25) is 0 Å². The van der Waals surface area contributed by atoms with E-state index in [4.69, 9.17) is 0 Å². The van der Waals surface area contributed by atoms with Crippen molar-refractivity contribution in [1.82, 2.24) is 10.2 Å². The number of hydrogen-bond donors (Lipinski definition) is 1. The van der Waals surface area contributed by atoms with Crippen LogP contribution in [0.25, 0.3) is 0 Å². The van der Waals surface area contributed by atoms with E-state index in [0.717, 1.165) is 12.1 Å². The van der Waals surface area contributed by atoms with Crippen LogP contribution >= 0.6 is 0 Å². The minimum absolute atomic E-state index is 0.332. The Bertz CT molecular complexity index is 290. The van der Waals surface area contributed by atoms with E-state index < -0.39 is 0 Å². The maximum atomic E-state index is 3.79. The minimum atomic E-state index is 0.332. The predicted octanol–water partition coefficient (Wildman–Crippen LogP) is 3.81. The van der Waals surface area contributed by atoms with Crippen molar-refractivity contribution in [3.63, 3.8) is 0 Å². The van der Waals surface area contributed by atoms with Crippen molar-refractivity contribution in [1.29, 1.82) is 0 Å². The Balaban J connectivity index is 2.03. The number of piperazine rings is 1. The fourth-order valence-electron chi connectivity index (χ4n) is 3.83. The molecule has 1 N–H and O–H groups in total. The van der Waals surface area contributed by atoms with E-state index in [0.29, 0.717) is 11.0 Å². The molecular weight excluding hydrogens is 232 g/mol. The van der Waals surface area contributed by atoms with E-state index in [2.05, 4.69) is 44.8 Å². The van der Waals surface area contributed by atoms with Crippen LogP contribution in [0.3, 0.4) is 0 Å². The quantitative estimate of drug-likeness (QED) is 0.835. The molecule has 112 valence electrons. The van der Waals surface area contributed by atoms with E-state index in [-0.39, 0.29) is 0 Å². The first kappa shape index (κ1) is 15.3. The van der Waals surface area contributed by atoms with Crippen molar-refractivity contribution in [2.24, 2.45) is 5.41 Å². The summed E-state index contributed by atoms with van der Waals surface area (Å²) in [6, 6.07) is 1.59. The lowest BCUT2D eigenvalue weighted by Crippen LogP contribution is -2.65. The second kappa shape index (κ2) is 5.73. The average Bonchev–Trinajstić information content (AvgIpc) is 2.39. The first-order valence-corrected chi connectivity index (χ1v) is 8.40. The molecule has 1 saturated heterocycles. The molecule has 0 aromatic heterocycles. The lowest BCUT2D eigenvalue weighted by Gasteiger charge is -2.51. The van der Waals surface area contributed by atoms with Crippen LogP contribution in [0.15, 0.2) is 0 Å². The van der Waals surface area contributed by atoms with Gasteiger partial charge in [0.25, 0.3) is 0 Å². The molecule has 0 radical (unpaired) electrons. The zero-order valence-corrected chi connectivity index (χ0v) is 13.8. The molecule has 1 saturated carbocycles. The van der Waals surface area contributed by atoms with Crippen molar-refractivity contribution >= 4 is 0 Å². The second-order valence-electron chi connectivity index (χ2n) is 7.92. The number of nitrogens with zero attached hydrogens (tertiary/aromatic N) is 1. The first-order valence-electron chi connectivity index (χ1n) is 8.40. The summed E-state index contributed by atoms with van der Waals surface area (Å²) in [4.78, 5) is 2.86. The maximum absolute atomic E-state index is 3.79. The largest absolute Gasteiger partial charge is 0.309 e. The smallest absolute Gasteiger partial charge is 0.0278 e. The van der Waals surface area contributed by atoms with Crippen molar-refractivity contribution < 1.29 is 0 Å². The van der Waals surface area contributed by atoms with Gasteiger partial charge in [0, 0.05) is 30.7 Å². The normalized spacial score (nSPS) is 37.4. The molecule has 2 heteroatoms. The first-order chi connectivity index (χ1) is 8.89. The lowest BCUT2D eigenvalue weighted by molar-refractivity contribution is 0.0140. The van der Waals surface area contributed by atoms with Gasteiger partial charge >= 0.3 is 0 Å². The predicted molar refractivity (Wildman–Crippen MR) is 83.5 cm³/mol. The highest BCUT2D eigenvalue weighted by Crippen LogP contribution is 2.38. The van der Waals surface area contributed by atoms with Crippen LogP contribution in [-0.2, 0) is 0 Å². The van der Waals surface area contributed by atoms with Crippen LogP contribution in [-0.4, -0.2) is 35.6 Å². The Morgan fingerprint density at radius 2 is 1.74 bits per heavy atom. The summed E-state index contributed by atoms with van der Waals surface area (Å²) in [5, 5.41) is 3.79. The van der Waals surface area contributed by atoms with Gasteiger partial charge < -0.3 is 5.32 Å². The highest BCUT2D eigenvalue weighted by atomic mass is 15.3. The number of hydrogen-bond acceptors (Lipinski definition) is 2. The summed E-state index contributed by atoms with van der Waals surface area (Å²) in [6.07, 6.45) is 8.14. The molecule has 2 atom stereocenters. The van der Waals surface area contributed by atoms with Crippen LogP contribution < -0.4 is 5.32 Å². The van der Waals surface area contributed by atoms with Crippen LogP contribution in [0.1, 0.15) is 73.1 Å². The summed E-state index contributed by atoms with van der Waals surface area (Å²) in [5.74, 6) is 0. The topological polar surface area (TPSA) is 15.3 Å². The van der Waals surface area contributed by atoms with Crippen LogP contribution in [0.4, 0.5) is 0 Å². The summed E-state index contributed by atoms with van der Waals surface area (Å²) < 4.78 is 0. The maximum Gasteiger partial charge on any atom is 0.0278 e. The van der Waals surface area contributed by atoms with E-state index in [1.807, 2.05) is 0 Å². The molecule has 1 aliphatic heterocycles. The van der Waals surface area contributed by atoms with Crippen LogP contribution in [0, 0.1) is 5.41 Å². The molecule has 2 aliphatic rings. The van der Waals surface area contributed by atoms with Gasteiger partial charge in [-0.1, -0.05) is 27.7 Å². The Morgan fingerprint density at radius 3 is 2.26 bits per heavy atom. The molecule has 1 heterocycles. The van der Waals surface area contributed by atoms with Gasteiger partial charge in [-0.2, -0.15) is 0 Å². The minimum Gasteiger partial charge on any atom is -0.309 e. The molecule has 2 fully saturated rings. The molecule has 0 aromatic carbocycles. The van der Waals surface area contributed by atoms with Gasteiger partial charge in [0.1, 0.15) is 0 Å². The molecular formula is C17H34N2. The molecule has 2 unspecified atom stereocenters. The van der Waals surface area contributed by atoms with Crippen molar-refractivity contribution in [2.45, 2.75) is 90.8 Å². The Kier molecular flexibility index (Phi) is 4.62. The fraction of sp³-hybridized carbons (Fsp3) is 1.00. The third kappa shape index (κ3) is 3.52. The Labute approximate surface area is 120 Å². The zero-order valence-electron chi connectivity index (χ0n) is 13.8. The van der Waals surface area contributed by atoms with Gasteiger partial charge in [-0.15, -0.1) is 0 Å². The van der Waals surface area contributed by atoms with Gasteiger partial charge in [0.05, 0.1) is 0 Å². The molecule has 2 rings (SSSR count). The highest BCUT2D eigenvalue weighted by molar-refractivity contribution is 4.97. The lowest BCUT2D eigenvalue weighted by atomic mass is 9.74. The summed E-state index contributed by atoms with van der Waals surface area (Å²) in [7, 11) is 0. The Morgan fingerprint density at radius 1 is 1.11 bits per heavy atom. The average molecular weight is 266 g/mol. The van der Waals surface area contributed by atoms with E-state index in [1.54, 1.807) is 0 Å². The van der Waals surface area contributed by atoms with E-state index in [1.165, 1.54) is 51.6 Å². The third-order valence-electron chi connectivity index (χ3n) is 5.79. The van der Waals surface area contributed by atoms with Crippen LogP contribution in [0.5, 0.6) is 0 Å². The molecule has 0 bridgehead atoms. The van der Waals surface area contributed by atoms with E-state index in [9.17, 15) is 0 Å². The van der Waals surface area contributed by atoms with E-state index >= 15 is 0 Å². The van der Waals surface area contributed by atoms with Crippen molar-refractivity contribution in [3.8, 4) is 0 Å². The fourth-order valence-corrected chi connectivity index (χ4v) is 3.83. The monoisotopic (exact) mass is 266 g/mol. The Hall–Kier alpha value is -0.0800. The molecule has 19 heavy (non-hydrogen) atoms. The molecule has 0 spiro atoms. The van der Waals surface area contributed by atoms with Gasteiger partial charge in [-0.25, -0.2) is 0 Å². The second-order valence-corrected chi connectivity index (χ2v) is 7.92. The van der Waals surface area contributed by atoms with Gasteiger partial charge in [0.15, 0.2) is 0 Å². The highest BCUT2D eigenvalue weighted by Gasteiger charge is 2.39. The molecule has 0 amide bonds. The van der Waals surface area contributed by atoms with Crippen molar-refractivity contribution in [3.05, 3.63) is 0 Å². The zero-order chi connectivity index (χ0) is 14.1. The summed E-state index contributed by atoms with van der Waals surface area (Å²) in [5.41, 5.74) is 0.916.